The number of fused-ring (bicyclic) bond motifs is 1. The number of amides is 1. The van der Waals surface area contributed by atoms with E-state index in [2.05, 4.69) is 35.1 Å². The lowest BCUT2D eigenvalue weighted by molar-refractivity contribution is 0.0890. The highest BCUT2D eigenvalue weighted by atomic mass is 79.9. The first kappa shape index (κ1) is 16.3. The zero-order chi connectivity index (χ0) is 15.4. The molecule has 1 aromatic carbocycles. The number of nitrogen functional groups attached to an aromatic ring is 1. The molecule has 0 aliphatic heterocycles. The number of carbonyl (C=O) groups is 1. The Hall–Kier alpha value is -1.11. The molecule has 1 aromatic heterocycles. The van der Waals surface area contributed by atoms with Crippen molar-refractivity contribution >= 4 is 48.9 Å². The predicted molar refractivity (Wildman–Crippen MR) is 91.9 cm³/mol. The number of nitrogens with two attached hydrogens (primary N) is 1. The molecule has 21 heavy (non-hydrogen) atoms. The molecule has 0 atom stereocenters. The number of hydrogen-bond acceptors (Lipinski definition) is 4. The van der Waals surface area contributed by atoms with Gasteiger partial charge in [0.05, 0.1) is 12.3 Å². The first-order valence-corrected chi connectivity index (χ1v) is 8.43. The molecule has 0 spiro atoms. The van der Waals surface area contributed by atoms with Crippen LogP contribution in [0.25, 0.3) is 10.1 Å². The molecule has 4 nitrogen and oxygen atoms in total. The number of benzene rings is 1. The highest BCUT2D eigenvalue weighted by Gasteiger charge is 2.16. The van der Waals surface area contributed by atoms with Gasteiger partial charge in [0.1, 0.15) is 4.88 Å². The zero-order valence-corrected chi connectivity index (χ0v) is 14.5. The van der Waals surface area contributed by atoms with Crippen molar-refractivity contribution in [2.24, 2.45) is 5.92 Å². The maximum Gasteiger partial charge on any atom is 0.263 e. The van der Waals surface area contributed by atoms with Gasteiger partial charge in [-0.1, -0.05) is 35.8 Å². The van der Waals surface area contributed by atoms with Crippen LogP contribution < -0.4 is 11.1 Å². The molecule has 0 unspecified atom stereocenters. The summed E-state index contributed by atoms with van der Waals surface area (Å²) in [7, 11) is 0. The van der Waals surface area contributed by atoms with E-state index in [1.54, 1.807) is 0 Å². The number of carbonyl (C=O) groups excluding carboxylic acids is 1. The first-order chi connectivity index (χ1) is 9.99. The van der Waals surface area contributed by atoms with Gasteiger partial charge in [0.25, 0.3) is 5.91 Å². The number of thiophene rings is 1. The Bertz CT molecular complexity index is 640. The minimum Gasteiger partial charge on any atom is -0.397 e. The van der Waals surface area contributed by atoms with Gasteiger partial charge >= 0.3 is 0 Å². The molecule has 6 heteroatoms. The van der Waals surface area contributed by atoms with Gasteiger partial charge in [-0.2, -0.15) is 0 Å². The first-order valence-electron chi connectivity index (χ1n) is 6.82. The van der Waals surface area contributed by atoms with E-state index in [0.717, 1.165) is 14.6 Å². The second-order valence-corrected chi connectivity index (χ2v) is 7.18. The maximum atomic E-state index is 12.2. The van der Waals surface area contributed by atoms with Crippen LogP contribution >= 0.6 is 27.3 Å². The summed E-state index contributed by atoms with van der Waals surface area (Å²) in [6.45, 7) is 5.89. The van der Waals surface area contributed by atoms with Crippen LogP contribution in [0, 0.1) is 5.92 Å². The minimum absolute atomic E-state index is 0.141. The summed E-state index contributed by atoms with van der Waals surface area (Å²) < 4.78 is 7.42. The number of hydrogen-bond donors (Lipinski definition) is 2. The lowest BCUT2D eigenvalue weighted by atomic mass is 10.2. The Morgan fingerprint density at radius 1 is 1.48 bits per heavy atom. The standard InChI is InChI=1S/C15H19BrN2O2S/c1-9(2)8-20-6-5-18-15(19)14-13(17)11-4-3-10(16)7-12(11)21-14/h3-4,7,9H,5-6,8,17H2,1-2H3,(H,18,19). The summed E-state index contributed by atoms with van der Waals surface area (Å²) in [5.74, 6) is 0.357. The molecule has 0 bridgehead atoms. The lowest BCUT2D eigenvalue weighted by Gasteiger charge is -2.07. The Balaban J connectivity index is 1.98. The molecule has 1 amide bonds. The van der Waals surface area contributed by atoms with Gasteiger partial charge in [-0.3, -0.25) is 4.79 Å². The van der Waals surface area contributed by atoms with E-state index in [4.69, 9.17) is 10.5 Å². The maximum absolute atomic E-state index is 12.2. The number of ether oxygens (including phenoxy) is 1. The van der Waals surface area contributed by atoms with E-state index in [0.29, 0.717) is 36.2 Å². The Morgan fingerprint density at radius 2 is 2.24 bits per heavy atom. The van der Waals surface area contributed by atoms with Crippen LogP contribution in [-0.2, 0) is 4.74 Å². The van der Waals surface area contributed by atoms with E-state index in [1.807, 2.05) is 18.2 Å². The van der Waals surface area contributed by atoms with Crippen molar-refractivity contribution in [1.82, 2.24) is 5.32 Å². The van der Waals surface area contributed by atoms with Crippen molar-refractivity contribution in [3.8, 4) is 0 Å². The van der Waals surface area contributed by atoms with Crippen LogP contribution in [-0.4, -0.2) is 25.7 Å². The summed E-state index contributed by atoms with van der Waals surface area (Å²) in [5, 5.41) is 3.76. The molecule has 3 N–H and O–H groups in total. The highest BCUT2D eigenvalue weighted by molar-refractivity contribution is 9.10. The van der Waals surface area contributed by atoms with Crippen LogP contribution in [0.5, 0.6) is 0 Å². The molecular weight excluding hydrogens is 352 g/mol. The summed E-state index contributed by atoms with van der Waals surface area (Å²) in [5.41, 5.74) is 6.61. The van der Waals surface area contributed by atoms with Gasteiger partial charge in [-0.25, -0.2) is 0 Å². The molecule has 1 heterocycles. The third-order valence-corrected chi connectivity index (χ3v) is 4.54. The summed E-state index contributed by atoms with van der Waals surface area (Å²) in [6.07, 6.45) is 0. The third-order valence-electron chi connectivity index (χ3n) is 2.88. The summed E-state index contributed by atoms with van der Waals surface area (Å²) in [4.78, 5) is 12.7. The smallest absolute Gasteiger partial charge is 0.263 e. The minimum atomic E-state index is -0.141. The largest absolute Gasteiger partial charge is 0.397 e. The highest BCUT2D eigenvalue weighted by Crippen LogP contribution is 2.35. The zero-order valence-electron chi connectivity index (χ0n) is 12.1. The topological polar surface area (TPSA) is 64.3 Å². The number of nitrogens with one attached hydrogen (secondary N) is 1. The number of rotatable bonds is 6. The average Bonchev–Trinajstić information content (AvgIpc) is 2.74. The van der Waals surface area contributed by atoms with E-state index in [1.165, 1.54) is 11.3 Å². The SMILES string of the molecule is CC(C)COCCNC(=O)c1sc2cc(Br)ccc2c1N. The van der Waals surface area contributed by atoms with Gasteiger partial charge in [0.2, 0.25) is 0 Å². The Kier molecular flexibility index (Phi) is 5.61. The fraction of sp³-hybridized carbons (Fsp3) is 0.400. The van der Waals surface area contributed by atoms with Crippen LogP contribution in [0.1, 0.15) is 23.5 Å². The van der Waals surface area contributed by atoms with E-state index in [9.17, 15) is 4.79 Å². The van der Waals surface area contributed by atoms with Gasteiger partial charge < -0.3 is 15.8 Å². The average molecular weight is 371 g/mol. The molecule has 0 radical (unpaired) electrons. The van der Waals surface area contributed by atoms with E-state index >= 15 is 0 Å². The van der Waals surface area contributed by atoms with Crippen molar-refractivity contribution in [2.45, 2.75) is 13.8 Å². The van der Waals surface area contributed by atoms with E-state index in [-0.39, 0.29) is 5.91 Å². The van der Waals surface area contributed by atoms with Gasteiger partial charge in [-0.15, -0.1) is 11.3 Å². The second kappa shape index (κ2) is 7.24. The van der Waals surface area contributed by atoms with Crippen molar-refractivity contribution < 1.29 is 9.53 Å². The van der Waals surface area contributed by atoms with Crippen molar-refractivity contribution in [1.29, 1.82) is 0 Å². The quantitative estimate of drug-likeness (QED) is 0.762. The van der Waals surface area contributed by atoms with Gasteiger partial charge in [0.15, 0.2) is 0 Å². The molecule has 0 aliphatic carbocycles. The number of anilines is 1. The molecule has 0 aliphatic rings. The van der Waals surface area contributed by atoms with Crippen LogP contribution in [0.4, 0.5) is 5.69 Å². The third kappa shape index (κ3) is 4.18. The van der Waals surface area contributed by atoms with Gasteiger partial charge in [-0.05, 0) is 18.1 Å². The second-order valence-electron chi connectivity index (χ2n) is 5.21. The fourth-order valence-electron chi connectivity index (χ4n) is 1.90. The van der Waals surface area contributed by atoms with Crippen LogP contribution in [0.2, 0.25) is 0 Å². The van der Waals surface area contributed by atoms with Crippen molar-refractivity contribution in [3.63, 3.8) is 0 Å². The fourth-order valence-corrected chi connectivity index (χ4v) is 3.49. The monoisotopic (exact) mass is 370 g/mol. The molecule has 2 aromatic rings. The predicted octanol–water partition coefficient (Wildman–Crippen LogP) is 3.65. The van der Waals surface area contributed by atoms with E-state index < -0.39 is 0 Å². The normalized spacial score (nSPS) is 11.2. The Labute approximate surface area is 136 Å². The van der Waals surface area contributed by atoms with Gasteiger partial charge in [0, 0.05) is 27.7 Å². The molecule has 0 saturated carbocycles. The molecule has 0 fully saturated rings. The molecular formula is C15H19BrN2O2S. The summed E-state index contributed by atoms with van der Waals surface area (Å²) >= 11 is 4.83. The van der Waals surface area contributed by atoms with Crippen molar-refractivity contribution in [3.05, 3.63) is 27.5 Å². The summed E-state index contributed by atoms with van der Waals surface area (Å²) in [6, 6.07) is 5.82. The van der Waals surface area contributed by atoms with Crippen molar-refractivity contribution in [2.75, 3.05) is 25.5 Å². The molecule has 0 saturated heterocycles. The van der Waals surface area contributed by atoms with Crippen LogP contribution in [0.15, 0.2) is 22.7 Å². The Morgan fingerprint density at radius 3 is 2.95 bits per heavy atom. The molecule has 114 valence electrons. The number of halogens is 1. The lowest BCUT2D eigenvalue weighted by Crippen LogP contribution is -2.27. The van der Waals surface area contributed by atoms with Crippen LogP contribution in [0.3, 0.4) is 0 Å². The molecule has 2 rings (SSSR count).